The normalized spacial score (nSPS) is 19.8. The third-order valence-corrected chi connectivity index (χ3v) is 5.62. The summed E-state index contributed by atoms with van der Waals surface area (Å²) in [6.45, 7) is 4.33. The van der Waals surface area contributed by atoms with Crippen LogP contribution in [0.4, 0.5) is 11.4 Å². The number of benzene rings is 1. The van der Waals surface area contributed by atoms with Crippen LogP contribution < -0.4 is 16.4 Å². The first kappa shape index (κ1) is 20.8. The summed E-state index contributed by atoms with van der Waals surface area (Å²) in [5.74, 6) is 0.00123. The molecule has 7 nitrogen and oxygen atoms in total. The molecule has 154 valence electrons. The number of carbonyl (C=O) groups is 2. The number of hydrogen-bond acceptors (Lipinski definition) is 5. The number of carbonyl (C=O) groups excluding carboxylic acids is 2. The van der Waals surface area contributed by atoms with Crippen LogP contribution in [-0.2, 0) is 14.3 Å². The van der Waals surface area contributed by atoms with Gasteiger partial charge in [0.2, 0.25) is 11.8 Å². The molecule has 2 heterocycles. The lowest BCUT2D eigenvalue weighted by Crippen LogP contribution is -2.43. The van der Waals surface area contributed by atoms with Crippen LogP contribution in [0.5, 0.6) is 0 Å². The molecule has 7 heteroatoms. The van der Waals surface area contributed by atoms with Crippen molar-refractivity contribution in [3.63, 3.8) is 0 Å². The lowest BCUT2D eigenvalue weighted by Gasteiger charge is -2.26. The molecule has 2 fully saturated rings. The van der Waals surface area contributed by atoms with Gasteiger partial charge in [-0.1, -0.05) is 6.42 Å². The van der Waals surface area contributed by atoms with Crippen LogP contribution in [0.15, 0.2) is 24.3 Å². The summed E-state index contributed by atoms with van der Waals surface area (Å²) in [6, 6.07) is 6.64. The predicted molar refractivity (Wildman–Crippen MR) is 110 cm³/mol. The average Bonchev–Trinajstić information content (AvgIpc) is 2.74. The van der Waals surface area contributed by atoms with Crippen molar-refractivity contribution in [2.24, 2.45) is 11.7 Å². The zero-order valence-electron chi connectivity index (χ0n) is 16.5. The van der Waals surface area contributed by atoms with Gasteiger partial charge in [-0.3, -0.25) is 9.59 Å². The highest BCUT2D eigenvalue weighted by molar-refractivity contribution is 5.95. The van der Waals surface area contributed by atoms with Gasteiger partial charge < -0.3 is 26.0 Å². The monoisotopic (exact) mass is 388 g/mol. The number of amides is 2. The SMILES string of the molecule is NC(C(=O)Nc1ccc(NC(=O)CCN2CCCCC2)cc1)C1CCOCC1. The Kier molecular flexibility index (Phi) is 7.82. The van der Waals surface area contributed by atoms with Crippen LogP contribution in [-0.4, -0.2) is 55.6 Å². The molecule has 0 saturated carbocycles. The van der Waals surface area contributed by atoms with Crippen LogP contribution in [0.2, 0.25) is 0 Å². The maximum atomic E-state index is 12.4. The van der Waals surface area contributed by atoms with Crippen molar-refractivity contribution in [2.75, 3.05) is 43.5 Å². The predicted octanol–water partition coefficient (Wildman–Crippen LogP) is 2.19. The van der Waals surface area contributed by atoms with E-state index < -0.39 is 6.04 Å². The number of rotatable bonds is 7. The van der Waals surface area contributed by atoms with Gasteiger partial charge in [0.25, 0.3) is 0 Å². The van der Waals surface area contributed by atoms with Crippen molar-refractivity contribution in [3.8, 4) is 0 Å². The molecular weight excluding hydrogens is 356 g/mol. The quantitative estimate of drug-likeness (QED) is 0.665. The van der Waals surface area contributed by atoms with Crippen molar-refractivity contribution in [1.29, 1.82) is 0 Å². The molecule has 1 atom stereocenters. The van der Waals surface area contributed by atoms with Crippen molar-refractivity contribution < 1.29 is 14.3 Å². The molecule has 0 bridgehead atoms. The first-order chi connectivity index (χ1) is 13.6. The maximum absolute atomic E-state index is 12.4. The van der Waals surface area contributed by atoms with E-state index in [2.05, 4.69) is 15.5 Å². The van der Waals surface area contributed by atoms with Crippen LogP contribution in [0.1, 0.15) is 38.5 Å². The molecule has 1 unspecified atom stereocenters. The first-order valence-electron chi connectivity index (χ1n) is 10.4. The Hall–Kier alpha value is -1.96. The lowest BCUT2D eigenvalue weighted by atomic mass is 9.92. The Balaban J connectivity index is 1.42. The van der Waals surface area contributed by atoms with Gasteiger partial charge in [0, 0.05) is 37.6 Å². The van der Waals surface area contributed by atoms with Gasteiger partial charge in [-0.15, -0.1) is 0 Å². The number of anilines is 2. The number of ether oxygens (including phenoxy) is 1. The molecule has 2 saturated heterocycles. The molecule has 0 aromatic heterocycles. The van der Waals surface area contributed by atoms with Crippen LogP contribution >= 0.6 is 0 Å². The molecule has 2 aliphatic rings. The molecular formula is C21H32N4O3. The van der Waals surface area contributed by atoms with Gasteiger partial charge in [-0.05, 0) is 69.0 Å². The standard InChI is InChI=1S/C21H32N4O3/c22-20(16-9-14-28-15-10-16)21(27)24-18-6-4-17(5-7-18)23-19(26)8-13-25-11-2-1-3-12-25/h4-7,16,20H,1-3,8-15,22H2,(H,23,26)(H,24,27). The summed E-state index contributed by atoms with van der Waals surface area (Å²) in [5.41, 5.74) is 7.51. The second-order valence-corrected chi connectivity index (χ2v) is 7.74. The minimum absolute atomic E-state index is 0.0175. The third kappa shape index (κ3) is 6.29. The molecule has 2 amide bonds. The number of nitrogens with zero attached hydrogens (tertiary/aromatic N) is 1. The van der Waals surface area contributed by atoms with E-state index in [1.165, 1.54) is 19.3 Å². The highest BCUT2D eigenvalue weighted by atomic mass is 16.5. The fraction of sp³-hybridized carbons (Fsp3) is 0.619. The molecule has 0 spiro atoms. The van der Waals surface area contributed by atoms with E-state index in [0.29, 0.717) is 25.3 Å². The molecule has 2 aliphatic heterocycles. The molecule has 1 aromatic rings. The molecule has 1 aromatic carbocycles. The molecule has 0 aliphatic carbocycles. The van der Waals surface area contributed by atoms with Gasteiger partial charge in [-0.25, -0.2) is 0 Å². The van der Waals surface area contributed by atoms with E-state index in [9.17, 15) is 9.59 Å². The number of nitrogens with two attached hydrogens (primary N) is 1. The minimum atomic E-state index is -0.530. The summed E-state index contributed by atoms with van der Waals surface area (Å²) < 4.78 is 5.32. The van der Waals surface area contributed by atoms with E-state index in [1.54, 1.807) is 24.3 Å². The van der Waals surface area contributed by atoms with Crippen LogP contribution in [0.25, 0.3) is 0 Å². The van der Waals surface area contributed by atoms with Gasteiger partial charge in [-0.2, -0.15) is 0 Å². The highest BCUT2D eigenvalue weighted by Crippen LogP contribution is 2.20. The Morgan fingerprint density at radius 1 is 1.04 bits per heavy atom. The Morgan fingerprint density at radius 2 is 1.64 bits per heavy atom. The smallest absolute Gasteiger partial charge is 0.241 e. The van der Waals surface area contributed by atoms with Gasteiger partial charge in [0.15, 0.2) is 0 Å². The van der Waals surface area contributed by atoms with Crippen molar-refractivity contribution in [1.82, 2.24) is 4.90 Å². The zero-order chi connectivity index (χ0) is 19.8. The van der Waals surface area contributed by atoms with Crippen LogP contribution in [0, 0.1) is 5.92 Å². The topological polar surface area (TPSA) is 96.7 Å². The zero-order valence-corrected chi connectivity index (χ0v) is 16.5. The summed E-state index contributed by atoms with van der Waals surface area (Å²) in [5, 5.41) is 5.78. The Morgan fingerprint density at radius 3 is 2.29 bits per heavy atom. The second-order valence-electron chi connectivity index (χ2n) is 7.74. The van der Waals surface area contributed by atoms with E-state index in [1.807, 2.05) is 0 Å². The van der Waals surface area contributed by atoms with E-state index in [0.717, 1.165) is 38.2 Å². The number of hydrogen-bond donors (Lipinski definition) is 3. The second kappa shape index (κ2) is 10.5. The number of nitrogens with one attached hydrogen (secondary N) is 2. The number of piperidine rings is 1. The van der Waals surface area contributed by atoms with E-state index >= 15 is 0 Å². The van der Waals surface area contributed by atoms with Crippen molar-refractivity contribution >= 4 is 23.2 Å². The van der Waals surface area contributed by atoms with Gasteiger partial charge in [0.05, 0.1) is 6.04 Å². The average molecular weight is 389 g/mol. The Labute approximate surface area is 167 Å². The number of likely N-dealkylation sites (tertiary alicyclic amines) is 1. The fourth-order valence-electron chi connectivity index (χ4n) is 3.82. The Bertz CT molecular complexity index is 638. The highest BCUT2D eigenvalue weighted by Gasteiger charge is 2.26. The van der Waals surface area contributed by atoms with Gasteiger partial charge in [0.1, 0.15) is 0 Å². The van der Waals surface area contributed by atoms with Crippen molar-refractivity contribution in [3.05, 3.63) is 24.3 Å². The largest absolute Gasteiger partial charge is 0.381 e. The summed E-state index contributed by atoms with van der Waals surface area (Å²) in [7, 11) is 0. The molecule has 0 radical (unpaired) electrons. The minimum Gasteiger partial charge on any atom is -0.381 e. The molecule has 3 rings (SSSR count). The molecule has 4 N–H and O–H groups in total. The summed E-state index contributed by atoms with van der Waals surface area (Å²) >= 11 is 0. The fourth-order valence-corrected chi connectivity index (χ4v) is 3.82. The molecule has 28 heavy (non-hydrogen) atoms. The van der Waals surface area contributed by atoms with E-state index in [-0.39, 0.29) is 17.7 Å². The first-order valence-corrected chi connectivity index (χ1v) is 10.4. The third-order valence-electron chi connectivity index (χ3n) is 5.62. The van der Waals surface area contributed by atoms with Crippen molar-refractivity contribution in [2.45, 2.75) is 44.6 Å². The van der Waals surface area contributed by atoms with Crippen LogP contribution in [0.3, 0.4) is 0 Å². The van der Waals surface area contributed by atoms with Gasteiger partial charge >= 0.3 is 0 Å². The lowest BCUT2D eigenvalue weighted by molar-refractivity contribution is -0.119. The van der Waals surface area contributed by atoms with E-state index in [4.69, 9.17) is 10.5 Å². The maximum Gasteiger partial charge on any atom is 0.241 e. The summed E-state index contributed by atoms with van der Waals surface area (Å²) in [6.07, 6.45) is 5.89. The summed E-state index contributed by atoms with van der Waals surface area (Å²) in [4.78, 5) is 26.9.